The van der Waals surface area contributed by atoms with Crippen molar-refractivity contribution in [3.8, 4) is 5.75 Å². The molecule has 1 aliphatic rings. The maximum atomic E-state index is 14.2. The van der Waals surface area contributed by atoms with Gasteiger partial charge in [-0.2, -0.15) is 13.2 Å². The predicted octanol–water partition coefficient (Wildman–Crippen LogP) is 4.39. The van der Waals surface area contributed by atoms with Crippen LogP contribution in [0.25, 0.3) is 0 Å². The summed E-state index contributed by atoms with van der Waals surface area (Å²) in [6.45, 7) is 0.503. The first-order valence-electron chi connectivity index (χ1n) is 9.10. The molecular formula is C19H14F5N3O5S2. The second-order valence-corrected chi connectivity index (χ2v) is 9.05. The topological polar surface area (TPSA) is 109 Å². The molecule has 2 aromatic carbocycles. The van der Waals surface area contributed by atoms with Crippen LogP contribution in [0.4, 0.5) is 38.5 Å². The van der Waals surface area contributed by atoms with E-state index in [2.05, 4.69) is 9.71 Å². The predicted molar refractivity (Wildman–Crippen MR) is 112 cm³/mol. The first-order chi connectivity index (χ1) is 15.9. The highest BCUT2D eigenvalue weighted by molar-refractivity contribution is 7.93. The first-order valence-corrected chi connectivity index (χ1v) is 11.5. The Balaban J connectivity index is 0.000000406. The van der Waals surface area contributed by atoms with Gasteiger partial charge in [0.05, 0.1) is 22.8 Å². The molecule has 1 aromatic heterocycles. The highest BCUT2D eigenvalue weighted by Crippen LogP contribution is 2.39. The number of aromatic nitrogens is 1. The lowest BCUT2D eigenvalue weighted by Gasteiger charge is -2.31. The fraction of sp³-hybridized carbons (Fsp3) is 0.158. The monoisotopic (exact) mass is 523 g/mol. The van der Waals surface area contributed by atoms with Gasteiger partial charge < -0.3 is 14.7 Å². The molecule has 4 rings (SSSR count). The van der Waals surface area contributed by atoms with Gasteiger partial charge in [-0.05, 0) is 24.3 Å². The van der Waals surface area contributed by atoms with Gasteiger partial charge in [0.25, 0.3) is 10.0 Å². The Morgan fingerprint density at radius 1 is 1.15 bits per heavy atom. The highest BCUT2D eigenvalue weighted by Gasteiger charge is 2.38. The van der Waals surface area contributed by atoms with E-state index in [1.54, 1.807) is 10.3 Å². The fourth-order valence-corrected chi connectivity index (χ4v) is 4.56. The number of nitrogens with one attached hydrogen (secondary N) is 1. The van der Waals surface area contributed by atoms with Crippen LogP contribution in [0.2, 0.25) is 0 Å². The Morgan fingerprint density at radius 3 is 2.47 bits per heavy atom. The molecule has 0 saturated carbocycles. The summed E-state index contributed by atoms with van der Waals surface area (Å²) in [5.41, 5.74) is 0.523. The van der Waals surface area contributed by atoms with Crippen molar-refractivity contribution in [2.24, 2.45) is 0 Å². The van der Waals surface area contributed by atoms with E-state index in [0.29, 0.717) is 12.2 Å². The van der Waals surface area contributed by atoms with Gasteiger partial charge in [-0.15, -0.1) is 11.3 Å². The van der Waals surface area contributed by atoms with Crippen molar-refractivity contribution >= 4 is 43.8 Å². The number of alkyl halides is 3. The van der Waals surface area contributed by atoms with Gasteiger partial charge in [-0.1, -0.05) is 0 Å². The van der Waals surface area contributed by atoms with Crippen LogP contribution in [-0.4, -0.2) is 43.8 Å². The smallest absolute Gasteiger partial charge is 0.489 e. The van der Waals surface area contributed by atoms with E-state index in [9.17, 15) is 30.4 Å². The number of carbonyl (C=O) groups is 1. The molecule has 8 nitrogen and oxygen atoms in total. The molecule has 0 radical (unpaired) electrons. The van der Waals surface area contributed by atoms with Crippen molar-refractivity contribution < 1.29 is 45.0 Å². The van der Waals surface area contributed by atoms with Crippen LogP contribution in [0.15, 0.2) is 52.9 Å². The molecule has 2 N–H and O–H groups in total. The molecule has 0 unspecified atom stereocenters. The number of carboxylic acid groups (broad SMARTS) is 1. The van der Waals surface area contributed by atoms with Gasteiger partial charge >= 0.3 is 12.1 Å². The summed E-state index contributed by atoms with van der Waals surface area (Å²) in [4.78, 5) is 14.3. The second-order valence-electron chi connectivity index (χ2n) is 6.47. The molecule has 0 bridgehead atoms. The van der Waals surface area contributed by atoms with E-state index in [0.717, 1.165) is 29.5 Å². The number of benzene rings is 2. The average molecular weight is 523 g/mol. The zero-order chi connectivity index (χ0) is 25.1. The van der Waals surface area contributed by atoms with Gasteiger partial charge in [-0.25, -0.2) is 27.0 Å². The molecule has 0 amide bonds. The molecule has 0 spiro atoms. The van der Waals surface area contributed by atoms with Gasteiger partial charge in [-0.3, -0.25) is 4.72 Å². The summed E-state index contributed by atoms with van der Waals surface area (Å²) >= 11 is 1.16. The molecule has 0 saturated heterocycles. The third-order valence-electron chi connectivity index (χ3n) is 4.20. The quantitative estimate of drug-likeness (QED) is 0.489. The van der Waals surface area contributed by atoms with Crippen LogP contribution in [-0.2, 0) is 14.8 Å². The van der Waals surface area contributed by atoms with Crippen molar-refractivity contribution in [3.63, 3.8) is 0 Å². The minimum Gasteiger partial charge on any atom is -0.489 e. The van der Waals surface area contributed by atoms with Crippen LogP contribution < -0.4 is 14.4 Å². The van der Waals surface area contributed by atoms with E-state index < -0.39 is 33.8 Å². The summed E-state index contributed by atoms with van der Waals surface area (Å²) in [6, 6.07) is 7.44. The number of aliphatic carboxylic acids is 1. The third kappa shape index (κ3) is 5.91. The van der Waals surface area contributed by atoms with Crippen molar-refractivity contribution in [2.45, 2.75) is 11.1 Å². The summed E-state index contributed by atoms with van der Waals surface area (Å²) in [5, 5.41) is 9.02. The molecule has 15 heteroatoms. The minimum atomic E-state index is -5.08. The van der Waals surface area contributed by atoms with E-state index in [1.165, 1.54) is 24.4 Å². The Morgan fingerprint density at radius 2 is 1.85 bits per heavy atom. The Bertz CT molecular complexity index is 1280. The summed E-state index contributed by atoms with van der Waals surface area (Å²) in [5.74, 6) is -3.63. The lowest BCUT2D eigenvalue weighted by Crippen LogP contribution is -2.29. The number of rotatable bonds is 4. The van der Waals surface area contributed by atoms with Gasteiger partial charge in [0.2, 0.25) is 0 Å². The minimum absolute atomic E-state index is 0.0157. The largest absolute Gasteiger partial charge is 0.490 e. The third-order valence-corrected chi connectivity index (χ3v) is 6.35. The lowest BCUT2D eigenvalue weighted by atomic mass is 10.2. The molecular weight excluding hydrogens is 509 g/mol. The van der Waals surface area contributed by atoms with Gasteiger partial charge in [0.15, 0.2) is 5.13 Å². The molecule has 2 heterocycles. The van der Waals surface area contributed by atoms with Crippen molar-refractivity contribution in [1.82, 2.24) is 4.98 Å². The molecule has 0 atom stereocenters. The average Bonchev–Trinajstić information content (AvgIpc) is 3.27. The number of halogens is 5. The van der Waals surface area contributed by atoms with E-state index in [1.807, 2.05) is 0 Å². The summed E-state index contributed by atoms with van der Waals surface area (Å²) in [7, 11) is -3.85. The zero-order valence-corrected chi connectivity index (χ0v) is 18.3. The molecule has 34 heavy (non-hydrogen) atoms. The highest BCUT2D eigenvalue weighted by atomic mass is 32.2. The number of hydrogen-bond donors (Lipinski definition) is 2. The number of fused-ring (bicyclic) bond motifs is 1. The maximum Gasteiger partial charge on any atom is 0.490 e. The Labute approximate surface area is 193 Å². The maximum absolute atomic E-state index is 14.2. The van der Waals surface area contributed by atoms with Crippen LogP contribution in [0.1, 0.15) is 0 Å². The number of hydrogen-bond acceptors (Lipinski definition) is 7. The lowest BCUT2D eigenvalue weighted by molar-refractivity contribution is -0.192. The van der Waals surface area contributed by atoms with Crippen molar-refractivity contribution in [1.29, 1.82) is 0 Å². The first kappa shape index (κ1) is 25.2. The standard InChI is InChI=1S/C17H13F2N3O3S2.C2HF3O2/c18-11-1-3-13(19)15(9-11)22-6-7-25-16-10-12(2-4-14(16)22)27(23,24)21-17-20-5-8-26-17;3-2(4,5)1(6)7/h1-5,8-10H,6-7H2,(H,20,21);(H,6,7). The van der Waals surface area contributed by atoms with Crippen LogP contribution in [0.5, 0.6) is 5.75 Å². The number of carboxylic acids is 1. The molecule has 3 aromatic rings. The Hall–Kier alpha value is -3.46. The number of sulfonamides is 1. The van der Waals surface area contributed by atoms with E-state index in [-0.39, 0.29) is 28.1 Å². The van der Waals surface area contributed by atoms with Crippen LogP contribution in [0.3, 0.4) is 0 Å². The number of nitrogens with zero attached hydrogens (tertiary/aromatic N) is 2. The molecule has 0 fully saturated rings. The summed E-state index contributed by atoms with van der Waals surface area (Å²) < 4.78 is 92.4. The molecule has 182 valence electrons. The van der Waals surface area contributed by atoms with Crippen LogP contribution in [0, 0.1) is 11.6 Å². The summed E-state index contributed by atoms with van der Waals surface area (Å²) in [6.07, 6.45) is -3.59. The second kappa shape index (κ2) is 9.80. The SMILES string of the molecule is O=C(O)C(F)(F)F.O=S(=O)(Nc1nccs1)c1ccc2c(c1)OCCN2c1cc(F)ccc1F. The molecule has 1 aliphatic heterocycles. The van der Waals surface area contributed by atoms with Gasteiger partial charge in [0.1, 0.15) is 24.0 Å². The van der Waals surface area contributed by atoms with E-state index >= 15 is 0 Å². The molecule has 0 aliphatic carbocycles. The van der Waals surface area contributed by atoms with Crippen LogP contribution >= 0.6 is 11.3 Å². The van der Waals surface area contributed by atoms with Gasteiger partial charge in [0, 0.05) is 23.7 Å². The van der Waals surface area contributed by atoms with Crippen molar-refractivity contribution in [3.05, 3.63) is 59.6 Å². The normalized spacial score (nSPS) is 13.3. The number of thiazole rings is 1. The number of ether oxygens (including phenoxy) is 1. The van der Waals surface area contributed by atoms with E-state index in [4.69, 9.17) is 14.6 Å². The van der Waals surface area contributed by atoms with Crippen molar-refractivity contribution in [2.75, 3.05) is 22.8 Å². The fourth-order valence-electron chi connectivity index (χ4n) is 2.76. The Kier molecular flexibility index (Phi) is 7.26. The number of anilines is 3. The zero-order valence-electron chi connectivity index (χ0n) is 16.7.